The van der Waals surface area contributed by atoms with Crippen LogP contribution in [0, 0.1) is 6.92 Å². The molecule has 25 heavy (non-hydrogen) atoms. The Balaban J connectivity index is 2.51. The van der Waals surface area contributed by atoms with Crippen LogP contribution in [0.1, 0.15) is 12.5 Å². The second-order valence-corrected chi connectivity index (χ2v) is 5.84. The van der Waals surface area contributed by atoms with Crippen LogP contribution in [-0.2, 0) is 0 Å². The van der Waals surface area contributed by atoms with E-state index in [4.69, 9.17) is 9.47 Å². The average Bonchev–Trinajstić information content (AvgIpc) is 2.66. The molecule has 0 saturated heterocycles. The van der Waals surface area contributed by atoms with Crippen LogP contribution in [0.25, 0.3) is 0 Å². The van der Waals surface area contributed by atoms with E-state index >= 15 is 0 Å². The molecule has 5 nitrogen and oxygen atoms in total. The summed E-state index contributed by atoms with van der Waals surface area (Å²) in [6.45, 7) is 5.06. The number of para-hydroxylation sites is 2. The summed E-state index contributed by atoms with van der Waals surface area (Å²) in [5.74, 6) is 1.59. The van der Waals surface area contributed by atoms with Gasteiger partial charge in [0.2, 0.25) is 0 Å². The molecule has 134 valence electrons. The van der Waals surface area contributed by atoms with Crippen molar-refractivity contribution in [2.24, 2.45) is 4.99 Å². The predicted molar refractivity (Wildman–Crippen MR) is 105 cm³/mol. The summed E-state index contributed by atoms with van der Waals surface area (Å²) >= 11 is 0. The molecule has 2 aromatic carbocycles. The molecule has 0 radical (unpaired) electrons. The maximum absolute atomic E-state index is 5.50. The topological polar surface area (TPSA) is 37.3 Å². The molecule has 2 rings (SSSR count). The van der Waals surface area contributed by atoms with Gasteiger partial charge in [-0.1, -0.05) is 12.1 Å². The lowest BCUT2D eigenvalue weighted by Gasteiger charge is -2.25. The summed E-state index contributed by atoms with van der Waals surface area (Å²) in [5.41, 5.74) is 3.98. The molecule has 0 aromatic heterocycles. The Morgan fingerprint density at radius 2 is 1.76 bits per heavy atom. The SMILES string of the molecule is CCN(C)C=Nc1cc(OC)cc(N(C)c2ccccc2OC)c1C. The first kappa shape index (κ1) is 18.6. The van der Waals surface area contributed by atoms with E-state index in [1.165, 1.54) is 0 Å². The van der Waals surface area contributed by atoms with E-state index in [0.29, 0.717) is 0 Å². The maximum Gasteiger partial charge on any atom is 0.142 e. The fourth-order valence-corrected chi connectivity index (χ4v) is 2.54. The van der Waals surface area contributed by atoms with Crippen molar-refractivity contribution < 1.29 is 9.47 Å². The van der Waals surface area contributed by atoms with Crippen LogP contribution >= 0.6 is 0 Å². The van der Waals surface area contributed by atoms with Gasteiger partial charge >= 0.3 is 0 Å². The van der Waals surface area contributed by atoms with Gasteiger partial charge in [0.1, 0.15) is 11.5 Å². The summed E-state index contributed by atoms with van der Waals surface area (Å²) in [6.07, 6.45) is 1.84. The number of anilines is 2. The molecule has 0 N–H and O–H groups in total. The van der Waals surface area contributed by atoms with Crippen molar-refractivity contribution in [3.8, 4) is 11.5 Å². The van der Waals surface area contributed by atoms with Crippen molar-refractivity contribution in [2.45, 2.75) is 13.8 Å². The van der Waals surface area contributed by atoms with Crippen molar-refractivity contribution in [1.82, 2.24) is 4.90 Å². The van der Waals surface area contributed by atoms with Crippen LogP contribution in [0.2, 0.25) is 0 Å². The smallest absolute Gasteiger partial charge is 0.142 e. The molecule has 2 aromatic rings. The number of rotatable bonds is 7. The maximum atomic E-state index is 5.50. The number of ether oxygens (including phenoxy) is 2. The van der Waals surface area contributed by atoms with Gasteiger partial charge in [-0.25, -0.2) is 4.99 Å². The number of benzene rings is 2. The summed E-state index contributed by atoms with van der Waals surface area (Å²) in [5, 5.41) is 0. The molecular weight excluding hydrogens is 314 g/mol. The Morgan fingerprint density at radius 1 is 1.04 bits per heavy atom. The minimum absolute atomic E-state index is 0.772. The zero-order chi connectivity index (χ0) is 18.4. The van der Waals surface area contributed by atoms with E-state index in [1.54, 1.807) is 14.2 Å². The van der Waals surface area contributed by atoms with E-state index in [2.05, 4.69) is 23.7 Å². The predicted octanol–water partition coefficient (Wildman–Crippen LogP) is 4.39. The van der Waals surface area contributed by atoms with Gasteiger partial charge in [-0.15, -0.1) is 0 Å². The highest BCUT2D eigenvalue weighted by atomic mass is 16.5. The number of methoxy groups -OCH3 is 2. The molecule has 0 fully saturated rings. The average molecular weight is 341 g/mol. The second-order valence-electron chi connectivity index (χ2n) is 5.84. The molecule has 0 aliphatic rings. The highest BCUT2D eigenvalue weighted by molar-refractivity contribution is 5.77. The molecule has 0 aliphatic carbocycles. The highest BCUT2D eigenvalue weighted by Gasteiger charge is 2.15. The summed E-state index contributed by atoms with van der Waals surface area (Å²) in [6, 6.07) is 11.9. The zero-order valence-corrected chi connectivity index (χ0v) is 15.9. The molecule has 0 bridgehead atoms. The van der Waals surface area contributed by atoms with Crippen LogP contribution in [0.15, 0.2) is 41.4 Å². The molecule has 0 amide bonds. The molecule has 0 spiro atoms. The standard InChI is InChI=1S/C20H27N3O2/c1-7-22(3)14-21-17-12-16(24-5)13-19(15(17)2)23(4)18-10-8-9-11-20(18)25-6/h8-14H,7H2,1-6H3. The number of hydrogen-bond donors (Lipinski definition) is 0. The molecule has 0 unspecified atom stereocenters. The van der Waals surface area contributed by atoms with Crippen molar-refractivity contribution >= 4 is 23.4 Å². The Bertz CT molecular complexity index is 744. The molecule has 5 heteroatoms. The summed E-state index contributed by atoms with van der Waals surface area (Å²) in [7, 11) is 7.37. The fraction of sp³-hybridized carbons (Fsp3) is 0.350. The first-order chi connectivity index (χ1) is 12.0. The Hall–Kier alpha value is -2.69. The third-order valence-electron chi connectivity index (χ3n) is 4.26. The van der Waals surface area contributed by atoms with E-state index in [1.807, 2.05) is 61.7 Å². The highest BCUT2D eigenvalue weighted by Crippen LogP contribution is 2.39. The van der Waals surface area contributed by atoms with Gasteiger partial charge < -0.3 is 19.3 Å². The van der Waals surface area contributed by atoms with Crippen LogP contribution < -0.4 is 14.4 Å². The molecule has 0 aliphatic heterocycles. The minimum Gasteiger partial charge on any atom is -0.497 e. The van der Waals surface area contributed by atoms with E-state index in [9.17, 15) is 0 Å². The van der Waals surface area contributed by atoms with Crippen LogP contribution in [0.3, 0.4) is 0 Å². The van der Waals surface area contributed by atoms with Crippen LogP contribution in [0.5, 0.6) is 11.5 Å². The number of hydrogen-bond acceptors (Lipinski definition) is 4. The van der Waals surface area contributed by atoms with E-state index in [-0.39, 0.29) is 0 Å². The third kappa shape index (κ3) is 4.24. The van der Waals surface area contributed by atoms with Gasteiger partial charge in [0, 0.05) is 38.5 Å². The first-order valence-corrected chi connectivity index (χ1v) is 8.31. The lowest BCUT2D eigenvalue weighted by Crippen LogP contribution is -2.14. The third-order valence-corrected chi connectivity index (χ3v) is 4.26. The zero-order valence-electron chi connectivity index (χ0n) is 15.9. The Morgan fingerprint density at radius 3 is 2.40 bits per heavy atom. The Labute approximate surface area is 150 Å². The van der Waals surface area contributed by atoms with E-state index in [0.717, 1.165) is 40.7 Å². The van der Waals surface area contributed by atoms with Gasteiger partial charge in [0.25, 0.3) is 0 Å². The van der Waals surface area contributed by atoms with Gasteiger partial charge in [-0.05, 0) is 31.5 Å². The van der Waals surface area contributed by atoms with Crippen LogP contribution in [0.4, 0.5) is 17.1 Å². The van der Waals surface area contributed by atoms with Crippen molar-refractivity contribution in [3.63, 3.8) is 0 Å². The summed E-state index contributed by atoms with van der Waals surface area (Å²) in [4.78, 5) is 8.75. The number of nitrogens with zero attached hydrogens (tertiary/aromatic N) is 3. The van der Waals surface area contributed by atoms with Crippen molar-refractivity contribution in [1.29, 1.82) is 0 Å². The fourth-order valence-electron chi connectivity index (χ4n) is 2.54. The van der Waals surface area contributed by atoms with Gasteiger partial charge in [0.05, 0.1) is 31.9 Å². The lowest BCUT2D eigenvalue weighted by molar-refractivity contribution is 0.414. The molecule has 0 saturated carbocycles. The molecule has 0 atom stereocenters. The minimum atomic E-state index is 0.772. The van der Waals surface area contributed by atoms with Gasteiger partial charge in [-0.2, -0.15) is 0 Å². The second kappa shape index (κ2) is 8.42. The molecule has 0 heterocycles. The first-order valence-electron chi connectivity index (χ1n) is 8.31. The quantitative estimate of drug-likeness (QED) is 0.553. The summed E-state index contributed by atoms with van der Waals surface area (Å²) < 4.78 is 11.0. The van der Waals surface area contributed by atoms with Crippen molar-refractivity contribution in [2.75, 3.05) is 39.8 Å². The largest absolute Gasteiger partial charge is 0.497 e. The number of aliphatic imine (C=N–C) groups is 1. The lowest BCUT2D eigenvalue weighted by atomic mass is 10.1. The van der Waals surface area contributed by atoms with Gasteiger partial charge in [-0.3, -0.25) is 0 Å². The monoisotopic (exact) mass is 341 g/mol. The molecular formula is C20H27N3O2. The normalized spacial score (nSPS) is 10.8. The van der Waals surface area contributed by atoms with E-state index < -0.39 is 0 Å². The van der Waals surface area contributed by atoms with Crippen LogP contribution in [-0.4, -0.2) is 46.1 Å². The van der Waals surface area contributed by atoms with Crippen molar-refractivity contribution in [3.05, 3.63) is 42.0 Å². The Kier molecular flexibility index (Phi) is 6.28. The van der Waals surface area contributed by atoms with Gasteiger partial charge in [0.15, 0.2) is 0 Å².